The van der Waals surface area contributed by atoms with Crippen LogP contribution in [0.4, 0.5) is 4.79 Å². The second-order valence-electron chi connectivity index (χ2n) is 6.61. The number of aliphatic carboxylic acids is 1. The van der Waals surface area contributed by atoms with Crippen LogP contribution in [0.1, 0.15) is 40.0 Å². The third kappa shape index (κ3) is 2.54. The van der Waals surface area contributed by atoms with Gasteiger partial charge < -0.3 is 10.4 Å². The van der Waals surface area contributed by atoms with Gasteiger partial charge in [0.25, 0.3) is 0 Å². The Bertz CT molecular complexity index is 391. The van der Waals surface area contributed by atoms with Crippen LogP contribution in [0.5, 0.6) is 0 Å². The van der Waals surface area contributed by atoms with Gasteiger partial charge in [0.2, 0.25) is 0 Å². The van der Waals surface area contributed by atoms with Crippen molar-refractivity contribution in [2.24, 2.45) is 16.7 Å². The predicted molar refractivity (Wildman–Crippen MR) is 68.3 cm³/mol. The number of fused-ring (bicyclic) bond motifs is 2. The molecule has 0 aromatic rings. The maximum atomic E-state index is 11.7. The van der Waals surface area contributed by atoms with Gasteiger partial charge >= 0.3 is 12.0 Å². The van der Waals surface area contributed by atoms with Gasteiger partial charge in [-0.1, -0.05) is 20.8 Å². The van der Waals surface area contributed by atoms with Crippen molar-refractivity contribution in [2.45, 2.75) is 46.1 Å². The van der Waals surface area contributed by atoms with Gasteiger partial charge in [0.1, 0.15) is 0 Å². The third-order valence-corrected chi connectivity index (χ3v) is 4.91. The van der Waals surface area contributed by atoms with Gasteiger partial charge in [0.05, 0.1) is 0 Å². The van der Waals surface area contributed by atoms with Crippen LogP contribution < -0.4 is 10.8 Å². The average Bonchev–Trinajstić information content (AvgIpc) is 2.75. The van der Waals surface area contributed by atoms with E-state index < -0.39 is 18.6 Å². The molecule has 0 heterocycles. The molecule has 3 unspecified atom stereocenters. The number of carboxylic acids is 1. The number of hydroxylamine groups is 1. The fourth-order valence-electron chi connectivity index (χ4n) is 3.99. The standard InChI is InChI=1S/C13H22N2O4/c1-12(2)8-4-5-13(3,6-8)10(12)14-11(18)15-19-7-9(16)17/h8,10H,4-7H2,1-3H3,(H,16,17)(H2,14,15,18). The zero-order valence-electron chi connectivity index (χ0n) is 11.7. The second kappa shape index (κ2) is 4.67. The highest BCUT2D eigenvalue weighted by molar-refractivity contribution is 5.74. The Labute approximate surface area is 112 Å². The summed E-state index contributed by atoms with van der Waals surface area (Å²) in [5.41, 5.74) is 2.33. The Morgan fingerprint density at radius 3 is 2.58 bits per heavy atom. The summed E-state index contributed by atoms with van der Waals surface area (Å²) in [6.45, 7) is 6.04. The lowest BCUT2D eigenvalue weighted by Gasteiger charge is -2.42. The van der Waals surface area contributed by atoms with Crippen LogP contribution >= 0.6 is 0 Å². The molecule has 19 heavy (non-hydrogen) atoms. The monoisotopic (exact) mass is 270 g/mol. The number of hydrogen-bond donors (Lipinski definition) is 3. The molecule has 6 heteroatoms. The number of carboxylic acid groups (broad SMARTS) is 1. The molecule has 2 saturated carbocycles. The molecular weight excluding hydrogens is 248 g/mol. The lowest BCUT2D eigenvalue weighted by Crippen LogP contribution is -2.54. The van der Waals surface area contributed by atoms with Crippen molar-refractivity contribution in [3.05, 3.63) is 0 Å². The van der Waals surface area contributed by atoms with Gasteiger partial charge in [-0.05, 0) is 36.0 Å². The van der Waals surface area contributed by atoms with Crippen LogP contribution in [0.25, 0.3) is 0 Å². The summed E-state index contributed by atoms with van der Waals surface area (Å²) in [7, 11) is 0. The molecule has 3 atom stereocenters. The van der Waals surface area contributed by atoms with Crippen LogP contribution in [0.2, 0.25) is 0 Å². The number of urea groups is 1. The van der Waals surface area contributed by atoms with Crippen molar-refractivity contribution in [1.29, 1.82) is 0 Å². The average molecular weight is 270 g/mol. The SMILES string of the molecule is CC12CCC(C1)C(C)(C)C2NC(=O)NOCC(=O)O. The van der Waals surface area contributed by atoms with E-state index in [4.69, 9.17) is 5.11 Å². The summed E-state index contributed by atoms with van der Waals surface area (Å²) in [6.07, 6.45) is 3.49. The highest BCUT2D eigenvalue weighted by Gasteiger charge is 2.59. The molecule has 0 radical (unpaired) electrons. The highest BCUT2D eigenvalue weighted by Crippen LogP contribution is 2.62. The Kier molecular flexibility index (Phi) is 3.47. The molecule has 2 rings (SSSR count). The Balaban J connectivity index is 1.91. The van der Waals surface area contributed by atoms with Crippen LogP contribution in [0, 0.1) is 16.7 Å². The molecule has 0 aromatic heterocycles. The summed E-state index contributed by atoms with van der Waals surface area (Å²) >= 11 is 0. The first-order valence-corrected chi connectivity index (χ1v) is 6.66. The zero-order valence-corrected chi connectivity index (χ0v) is 11.7. The molecule has 0 saturated heterocycles. The smallest absolute Gasteiger partial charge is 0.338 e. The lowest BCUT2D eigenvalue weighted by molar-refractivity contribution is -0.144. The van der Waals surface area contributed by atoms with E-state index in [-0.39, 0.29) is 16.9 Å². The summed E-state index contributed by atoms with van der Waals surface area (Å²) in [4.78, 5) is 26.6. The summed E-state index contributed by atoms with van der Waals surface area (Å²) in [6, 6.07) is -0.375. The Morgan fingerprint density at radius 1 is 1.37 bits per heavy atom. The van der Waals surface area contributed by atoms with E-state index in [1.807, 2.05) is 0 Å². The molecule has 108 valence electrons. The van der Waals surface area contributed by atoms with Crippen molar-refractivity contribution >= 4 is 12.0 Å². The van der Waals surface area contributed by atoms with E-state index in [9.17, 15) is 9.59 Å². The van der Waals surface area contributed by atoms with Crippen molar-refractivity contribution in [1.82, 2.24) is 10.8 Å². The molecular formula is C13H22N2O4. The molecule has 3 N–H and O–H groups in total. The van der Waals surface area contributed by atoms with Gasteiger partial charge in [-0.3, -0.25) is 4.84 Å². The molecule has 0 spiro atoms. The minimum absolute atomic E-state index is 0.0666. The Morgan fingerprint density at radius 2 is 2.05 bits per heavy atom. The predicted octanol–water partition coefficient (Wildman–Crippen LogP) is 1.52. The first-order valence-electron chi connectivity index (χ1n) is 6.66. The number of hydrogen-bond acceptors (Lipinski definition) is 3. The first kappa shape index (κ1) is 14.1. The van der Waals surface area contributed by atoms with Crippen LogP contribution in [0.3, 0.4) is 0 Å². The topological polar surface area (TPSA) is 87.7 Å². The number of amides is 2. The van der Waals surface area contributed by atoms with Crippen molar-refractivity contribution in [3.63, 3.8) is 0 Å². The molecule has 2 amide bonds. The molecule has 2 aliphatic rings. The van der Waals surface area contributed by atoms with E-state index in [2.05, 4.69) is 36.4 Å². The van der Waals surface area contributed by atoms with Crippen LogP contribution in [-0.4, -0.2) is 29.8 Å². The molecule has 2 bridgehead atoms. The van der Waals surface area contributed by atoms with Gasteiger partial charge in [-0.2, -0.15) is 0 Å². The summed E-state index contributed by atoms with van der Waals surface area (Å²) in [5, 5.41) is 11.4. The Hall–Kier alpha value is -1.30. The van der Waals surface area contributed by atoms with Gasteiger partial charge in [0, 0.05) is 6.04 Å². The molecule has 2 aliphatic carbocycles. The van der Waals surface area contributed by atoms with E-state index >= 15 is 0 Å². The molecule has 0 aliphatic heterocycles. The fourth-order valence-corrected chi connectivity index (χ4v) is 3.99. The van der Waals surface area contributed by atoms with Crippen molar-refractivity contribution < 1.29 is 19.5 Å². The summed E-state index contributed by atoms with van der Waals surface area (Å²) < 4.78 is 0. The lowest BCUT2D eigenvalue weighted by atomic mass is 9.68. The van der Waals surface area contributed by atoms with E-state index in [0.717, 1.165) is 12.8 Å². The summed E-state index contributed by atoms with van der Waals surface area (Å²) in [5.74, 6) is -0.477. The quantitative estimate of drug-likeness (QED) is 0.676. The second-order valence-corrected chi connectivity index (χ2v) is 6.61. The highest BCUT2D eigenvalue weighted by atomic mass is 16.7. The van der Waals surface area contributed by atoms with Crippen LogP contribution in [-0.2, 0) is 9.63 Å². The number of nitrogens with one attached hydrogen (secondary N) is 2. The third-order valence-electron chi connectivity index (χ3n) is 4.91. The molecule has 0 aromatic carbocycles. The first-order chi connectivity index (χ1) is 8.75. The minimum atomic E-state index is -1.12. The largest absolute Gasteiger partial charge is 0.479 e. The van der Waals surface area contributed by atoms with Gasteiger partial charge in [0.15, 0.2) is 6.61 Å². The maximum Gasteiger partial charge on any atom is 0.338 e. The van der Waals surface area contributed by atoms with Crippen LogP contribution in [0.15, 0.2) is 0 Å². The number of carbonyl (C=O) groups is 2. The van der Waals surface area contributed by atoms with Crippen molar-refractivity contribution in [2.75, 3.05) is 6.61 Å². The van der Waals surface area contributed by atoms with Crippen molar-refractivity contribution in [3.8, 4) is 0 Å². The van der Waals surface area contributed by atoms with Gasteiger partial charge in [-0.15, -0.1) is 0 Å². The fraction of sp³-hybridized carbons (Fsp3) is 0.846. The van der Waals surface area contributed by atoms with Gasteiger partial charge in [-0.25, -0.2) is 15.1 Å². The number of carbonyl (C=O) groups excluding carboxylic acids is 1. The number of rotatable bonds is 4. The van der Waals surface area contributed by atoms with E-state index in [0.29, 0.717) is 5.92 Å². The zero-order chi connectivity index (χ0) is 14.3. The normalized spacial score (nSPS) is 35.1. The minimum Gasteiger partial charge on any atom is -0.479 e. The molecule has 6 nitrogen and oxygen atoms in total. The van der Waals surface area contributed by atoms with E-state index in [1.165, 1.54) is 6.42 Å². The molecule has 2 fully saturated rings. The van der Waals surface area contributed by atoms with E-state index in [1.54, 1.807) is 0 Å². The maximum absolute atomic E-state index is 11.7.